The Balaban J connectivity index is 1.78. The van der Waals surface area contributed by atoms with Gasteiger partial charge in [0.1, 0.15) is 0 Å². The molecule has 2 nitrogen and oxygen atoms in total. The third kappa shape index (κ3) is 3.57. The van der Waals surface area contributed by atoms with Gasteiger partial charge in [-0.25, -0.2) is 0 Å². The molecule has 3 rings (SSSR count). The molecule has 1 fully saturated rings. The fraction of sp³-hybridized carbons (Fsp3) is 0.400. The van der Waals surface area contributed by atoms with Gasteiger partial charge >= 0.3 is 0 Å². The Labute approximate surface area is 133 Å². The number of benzene rings is 2. The second-order valence-electron chi connectivity index (χ2n) is 6.20. The molecule has 0 amide bonds. The normalized spacial score (nSPS) is 21.4. The first-order chi connectivity index (χ1) is 10.9. The molecule has 116 valence electrons. The van der Waals surface area contributed by atoms with Crippen LogP contribution in [0.1, 0.15) is 36.3 Å². The molecule has 1 N–H and O–H groups in total. The molecule has 22 heavy (non-hydrogen) atoms. The molecule has 0 heterocycles. The van der Waals surface area contributed by atoms with Crippen LogP contribution < -0.4 is 0 Å². The van der Waals surface area contributed by atoms with E-state index in [0.29, 0.717) is 12.0 Å². The quantitative estimate of drug-likeness (QED) is 0.876. The van der Waals surface area contributed by atoms with Crippen LogP contribution in [0.3, 0.4) is 0 Å². The largest absolute Gasteiger partial charge is 0.395 e. The summed E-state index contributed by atoms with van der Waals surface area (Å²) in [7, 11) is 0. The van der Waals surface area contributed by atoms with Gasteiger partial charge < -0.3 is 5.11 Å². The highest BCUT2D eigenvalue weighted by Crippen LogP contribution is 2.38. The molecular weight excluding hydrogens is 270 g/mol. The maximum Gasteiger partial charge on any atom is 0.0558 e. The zero-order valence-electron chi connectivity index (χ0n) is 13.1. The van der Waals surface area contributed by atoms with Crippen molar-refractivity contribution in [2.75, 3.05) is 13.2 Å². The topological polar surface area (TPSA) is 23.5 Å². The molecule has 2 atom stereocenters. The van der Waals surface area contributed by atoms with Gasteiger partial charge in [0.05, 0.1) is 6.61 Å². The maximum atomic E-state index is 9.49. The van der Waals surface area contributed by atoms with E-state index in [4.69, 9.17) is 0 Å². The summed E-state index contributed by atoms with van der Waals surface area (Å²) in [6, 6.07) is 22.0. The van der Waals surface area contributed by atoms with E-state index in [2.05, 4.69) is 65.6 Å². The van der Waals surface area contributed by atoms with Crippen LogP contribution in [0, 0.1) is 0 Å². The van der Waals surface area contributed by atoms with E-state index in [-0.39, 0.29) is 6.61 Å². The van der Waals surface area contributed by atoms with Crippen molar-refractivity contribution in [1.29, 1.82) is 0 Å². The van der Waals surface area contributed by atoms with Crippen molar-refractivity contribution in [1.82, 2.24) is 4.90 Å². The van der Waals surface area contributed by atoms with E-state index in [0.717, 1.165) is 13.1 Å². The van der Waals surface area contributed by atoms with Gasteiger partial charge in [-0.05, 0) is 29.9 Å². The Hall–Kier alpha value is -1.64. The van der Waals surface area contributed by atoms with E-state index in [1.54, 1.807) is 0 Å². The van der Waals surface area contributed by atoms with Crippen LogP contribution >= 0.6 is 0 Å². The molecule has 0 aromatic heterocycles. The zero-order valence-corrected chi connectivity index (χ0v) is 13.1. The lowest BCUT2D eigenvalue weighted by Gasteiger charge is -2.33. The maximum absolute atomic E-state index is 9.49. The van der Waals surface area contributed by atoms with Crippen molar-refractivity contribution in [3.8, 4) is 0 Å². The summed E-state index contributed by atoms with van der Waals surface area (Å²) in [5, 5.41) is 9.49. The zero-order chi connectivity index (χ0) is 15.2. The second-order valence-corrected chi connectivity index (χ2v) is 6.20. The molecule has 0 bridgehead atoms. The predicted octanol–water partition coefficient (Wildman–Crippen LogP) is 3.82. The van der Waals surface area contributed by atoms with Gasteiger partial charge in [-0.3, -0.25) is 4.90 Å². The van der Waals surface area contributed by atoms with Crippen molar-refractivity contribution in [3.05, 3.63) is 71.8 Å². The summed E-state index contributed by atoms with van der Waals surface area (Å²) in [5.74, 6) is 0.594. The summed E-state index contributed by atoms with van der Waals surface area (Å²) in [4.78, 5) is 2.47. The molecule has 1 aliphatic carbocycles. The number of nitrogens with zero attached hydrogens (tertiary/aromatic N) is 1. The molecule has 0 saturated heterocycles. The molecule has 0 aliphatic heterocycles. The van der Waals surface area contributed by atoms with E-state index < -0.39 is 0 Å². The molecule has 1 aliphatic rings. The fourth-order valence-electron chi connectivity index (χ4n) is 3.78. The average molecular weight is 295 g/mol. The minimum Gasteiger partial charge on any atom is -0.395 e. The Morgan fingerprint density at radius 1 is 0.909 bits per heavy atom. The van der Waals surface area contributed by atoms with Crippen molar-refractivity contribution >= 4 is 0 Å². The number of aliphatic hydroxyl groups is 1. The highest BCUT2D eigenvalue weighted by atomic mass is 16.3. The third-order valence-corrected chi connectivity index (χ3v) is 4.79. The van der Waals surface area contributed by atoms with Crippen LogP contribution in [-0.4, -0.2) is 29.2 Å². The first-order valence-electron chi connectivity index (χ1n) is 8.32. The summed E-state index contributed by atoms with van der Waals surface area (Å²) < 4.78 is 0. The molecule has 0 unspecified atom stereocenters. The van der Waals surface area contributed by atoms with Gasteiger partial charge in [0.25, 0.3) is 0 Å². The number of hydrogen-bond acceptors (Lipinski definition) is 2. The van der Waals surface area contributed by atoms with Crippen molar-refractivity contribution in [2.45, 2.75) is 37.8 Å². The van der Waals surface area contributed by atoms with Gasteiger partial charge in [-0.1, -0.05) is 67.1 Å². The molecule has 0 spiro atoms. The van der Waals surface area contributed by atoms with Crippen LogP contribution in [0.5, 0.6) is 0 Å². The van der Waals surface area contributed by atoms with E-state index >= 15 is 0 Å². The Kier molecular flexibility index (Phi) is 5.25. The standard InChI is InChI=1S/C20H25NO/c22-15-14-21(16-17-8-3-1-4-9-17)20-13-7-12-19(20)18-10-5-2-6-11-18/h1-6,8-11,19-20,22H,7,12-16H2/t19-,20+/m0/s1. The van der Waals surface area contributed by atoms with Crippen molar-refractivity contribution in [2.24, 2.45) is 0 Å². The lowest BCUT2D eigenvalue weighted by atomic mass is 9.93. The lowest BCUT2D eigenvalue weighted by molar-refractivity contribution is 0.135. The molecule has 2 heteroatoms. The third-order valence-electron chi connectivity index (χ3n) is 4.79. The first-order valence-corrected chi connectivity index (χ1v) is 8.32. The van der Waals surface area contributed by atoms with Gasteiger partial charge in [0.2, 0.25) is 0 Å². The smallest absolute Gasteiger partial charge is 0.0558 e. The van der Waals surface area contributed by atoms with E-state index in [1.807, 2.05) is 0 Å². The number of rotatable bonds is 6. The Morgan fingerprint density at radius 3 is 2.27 bits per heavy atom. The van der Waals surface area contributed by atoms with Gasteiger partial charge in [0.15, 0.2) is 0 Å². The average Bonchev–Trinajstić information content (AvgIpc) is 3.06. The number of hydrogen-bond donors (Lipinski definition) is 1. The van der Waals surface area contributed by atoms with Gasteiger partial charge in [0, 0.05) is 19.1 Å². The minimum absolute atomic E-state index is 0.227. The highest BCUT2D eigenvalue weighted by molar-refractivity contribution is 5.23. The van der Waals surface area contributed by atoms with Crippen molar-refractivity contribution < 1.29 is 5.11 Å². The van der Waals surface area contributed by atoms with Crippen LogP contribution in [0.4, 0.5) is 0 Å². The fourth-order valence-corrected chi connectivity index (χ4v) is 3.78. The molecule has 2 aromatic rings. The molecule has 1 saturated carbocycles. The minimum atomic E-state index is 0.227. The second kappa shape index (κ2) is 7.57. The van der Waals surface area contributed by atoms with Crippen LogP contribution in [0.15, 0.2) is 60.7 Å². The SMILES string of the molecule is OCCN(Cc1ccccc1)[C@@H]1CCC[C@H]1c1ccccc1. The first kappa shape index (κ1) is 15.3. The lowest BCUT2D eigenvalue weighted by Crippen LogP contribution is -2.38. The van der Waals surface area contributed by atoms with Crippen LogP contribution in [0.25, 0.3) is 0 Å². The summed E-state index contributed by atoms with van der Waals surface area (Å²) >= 11 is 0. The summed E-state index contributed by atoms with van der Waals surface area (Å²) in [6.07, 6.45) is 3.76. The van der Waals surface area contributed by atoms with E-state index in [9.17, 15) is 5.11 Å². The Bertz CT molecular complexity index is 554. The van der Waals surface area contributed by atoms with Crippen LogP contribution in [-0.2, 0) is 6.54 Å². The molecule has 2 aromatic carbocycles. The number of aliphatic hydroxyl groups excluding tert-OH is 1. The van der Waals surface area contributed by atoms with Gasteiger partial charge in [-0.2, -0.15) is 0 Å². The Morgan fingerprint density at radius 2 is 1.59 bits per heavy atom. The monoisotopic (exact) mass is 295 g/mol. The highest BCUT2D eigenvalue weighted by Gasteiger charge is 2.32. The molecule has 0 radical (unpaired) electrons. The van der Waals surface area contributed by atoms with Crippen molar-refractivity contribution in [3.63, 3.8) is 0 Å². The van der Waals surface area contributed by atoms with Gasteiger partial charge in [-0.15, -0.1) is 0 Å². The summed E-state index contributed by atoms with van der Waals surface area (Å²) in [5.41, 5.74) is 2.77. The van der Waals surface area contributed by atoms with E-state index in [1.165, 1.54) is 30.4 Å². The molecular formula is C20H25NO. The van der Waals surface area contributed by atoms with Crippen LogP contribution in [0.2, 0.25) is 0 Å². The predicted molar refractivity (Wildman–Crippen MR) is 90.8 cm³/mol. The summed E-state index contributed by atoms with van der Waals surface area (Å²) in [6.45, 7) is 1.91.